The molecule has 0 saturated heterocycles. The molecule has 3 N–H and O–H groups in total. The van der Waals surface area contributed by atoms with E-state index in [0.717, 1.165) is 12.1 Å². The maximum Gasteiger partial charge on any atom is 0.417 e. The Morgan fingerprint density at radius 1 is 1.40 bits per heavy atom. The van der Waals surface area contributed by atoms with Gasteiger partial charge in [-0.3, -0.25) is 0 Å². The lowest BCUT2D eigenvalue weighted by atomic mass is 10.1. The van der Waals surface area contributed by atoms with Crippen LogP contribution in [0.4, 0.5) is 13.2 Å². The van der Waals surface area contributed by atoms with Crippen LogP contribution < -0.4 is 5.73 Å². The van der Waals surface area contributed by atoms with Crippen LogP contribution in [0.15, 0.2) is 35.7 Å². The number of nitrogens with two attached hydrogens (primary N) is 1. The summed E-state index contributed by atoms with van der Waals surface area (Å²) in [6, 6.07) is 3.30. The maximum atomic E-state index is 13.0. The van der Waals surface area contributed by atoms with E-state index < -0.39 is 23.1 Å². The van der Waals surface area contributed by atoms with Crippen LogP contribution in [-0.2, 0) is 6.18 Å². The van der Waals surface area contributed by atoms with E-state index >= 15 is 0 Å². The lowest BCUT2D eigenvalue weighted by molar-refractivity contribution is -0.137. The minimum absolute atomic E-state index is 0.152. The maximum absolute atomic E-state index is 13.0. The number of rotatable bonds is 2. The number of hydrogen-bond donors (Lipinski definition) is 2. The molecule has 20 heavy (non-hydrogen) atoms. The van der Waals surface area contributed by atoms with Crippen LogP contribution >= 0.6 is 11.6 Å². The Hall–Kier alpha value is -2.22. The third-order valence-corrected chi connectivity index (χ3v) is 2.70. The molecule has 0 unspecified atom stereocenters. The highest BCUT2D eigenvalue weighted by Crippen LogP contribution is 2.33. The largest absolute Gasteiger partial charge is 0.417 e. The third kappa shape index (κ3) is 2.69. The van der Waals surface area contributed by atoms with E-state index in [1.54, 1.807) is 0 Å². The lowest BCUT2D eigenvalue weighted by Crippen LogP contribution is -2.20. The first-order valence-corrected chi connectivity index (χ1v) is 5.60. The van der Waals surface area contributed by atoms with Crippen molar-refractivity contribution >= 4 is 17.4 Å². The summed E-state index contributed by atoms with van der Waals surface area (Å²) in [5.74, 6) is -0.623. The SMILES string of the molecule is N/C(=N\O)c1ccc(-n2cc(Cl)cn2)cc1C(F)(F)F. The zero-order chi connectivity index (χ0) is 14.9. The van der Waals surface area contributed by atoms with Crippen LogP contribution in [0.25, 0.3) is 5.69 Å². The Balaban J connectivity index is 2.60. The molecule has 0 saturated carbocycles. The fourth-order valence-corrected chi connectivity index (χ4v) is 1.76. The summed E-state index contributed by atoms with van der Waals surface area (Å²) in [5.41, 5.74) is 3.95. The van der Waals surface area contributed by atoms with Gasteiger partial charge in [-0.25, -0.2) is 4.68 Å². The number of amidine groups is 1. The van der Waals surface area contributed by atoms with Crippen molar-refractivity contribution in [3.63, 3.8) is 0 Å². The zero-order valence-corrected chi connectivity index (χ0v) is 10.5. The van der Waals surface area contributed by atoms with E-state index in [9.17, 15) is 13.2 Å². The second kappa shape index (κ2) is 5.04. The fraction of sp³-hybridized carbons (Fsp3) is 0.0909. The normalized spacial score (nSPS) is 12.7. The number of halogens is 4. The number of nitrogens with zero attached hydrogens (tertiary/aromatic N) is 3. The summed E-state index contributed by atoms with van der Waals surface area (Å²) in [7, 11) is 0. The topological polar surface area (TPSA) is 76.4 Å². The highest BCUT2D eigenvalue weighted by atomic mass is 35.5. The molecule has 0 spiro atoms. The minimum atomic E-state index is -4.66. The van der Waals surface area contributed by atoms with Gasteiger partial charge < -0.3 is 10.9 Å². The second-order valence-corrected chi connectivity index (χ2v) is 4.25. The Morgan fingerprint density at radius 3 is 2.60 bits per heavy atom. The van der Waals surface area contributed by atoms with Gasteiger partial charge >= 0.3 is 6.18 Å². The van der Waals surface area contributed by atoms with E-state index in [4.69, 9.17) is 22.5 Å². The number of oxime groups is 1. The number of aromatic nitrogens is 2. The van der Waals surface area contributed by atoms with Crippen molar-refractivity contribution in [2.75, 3.05) is 0 Å². The molecule has 0 radical (unpaired) electrons. The van der Waals surface area contributed by atoms with E-state index in [0.29, 0.717) is 5.02 Å². The Kier molecular flexibility index (Phi) is 3.58. The average molecular weight is 305 g/mol. The van der Waals surface area contributed by atoms with Gasteiger partial charge in [0.05, 0.1) is 22.5 Å². The number of benzene rings is 1. The van der Waals surface area contributed by atoms with Gasteiger partial charge in [0.25, 0.3) is 0 Å². The highest BCUT2D eigenvalue weighted by molar-refractivity contribution is 6.30. The highest BCUT2D eigenvalue weighted by Gasteiger charge is 2.34. The monoisotopic (exact) mass is 304 g/mol. The summed E-state index contributed by atoms with van der Waals surface area (Å²) in [5, 5.41) is 15.2. The van der Waals surface area contributed by atoms with Crippen molar-refractivity contribution in [1.82, 2.24) is 9.78 Å². The molecule has 0 aliphatic carbocycles. The van der Waals surface area contributed by atoms with Crippen molar-refractivity contribution in [1.29, 1.82) is 0 Å². The van der Waals surface area contributed by atoms with Gasteiger partial charge in [0.1, 0.15) is 0 Å². The van der Waals surface area contributed by atoms with Crippen LogP contribution in [0, 0.1) is 0 Å². The molecule has 0 bridgehead atoms. The summed E-state index contributed by atoms with van der Waals surface area (Å²) in [4.78, 5) is 0. The summed E-state index contributed by atoms with van der Waals surface area (Å²) in [6.45, 7) is 0. The lowest BCUT2D eigenvalue weighted by Gasteiger charge is -2.13. The van der Waals surface area contributed by atoms with Crippen molar-refractivity contribution in [2.45, 2.75) is 6.18 Å². The van der Waals surface area contributed by atoms with Crippen molar-refractivity contribution in [2.24, 2.45) is 10.9 Å². The Morgan fingerprint density at radius 2 is 2.10 bits per heavy atom. The molecular formula is C11H8ClF3N4O. The van der Waals surface area contributed by atoms with E-state index in [1.165, 1.54) is 23.1 Å². The van der Waals surface area contributed by atoms with Gasteiger partial charge in [-0.1, -0.05) is 16.8 Å². The van der Waals surface area contributed by atoms with Gasteiger partial charge in [-0.2, -0.15) is 18.3 Å². The predicted octanol–water partition coefficient (Wildman–Crippen LogP) is 2.64. The van der Waals surface area contributed by atoms with Crippen LogP contribution in [0.2, 0.25) is 5.02 Å². The Labute approximate surface area is 116 Å². The standard InChI is InChI=1S/C11H8ClF3N4O/c12-6-4-17-19(5-6)7-1-2-8(10(16)18-20)9(3-7)11(13,14)15/h1-5,20H,(H2,16,18). The first-order valence-electron chi connectivity index (χ1n) is 5.22. The summed E-state index contributed by atoms with van der Waals surface area (Å²) < 4.78 is 40.2. The molecule has 1 aromatic carbocycles. The zero-order valence-electron chi connectivity index (χ0n) is 9.76. The van der Waals surface area contributed by atoms with Gasteiger partial charge in [-0.15, -0.1) is 0 Å². The molecule has 1 aromatic heterocycles. The molecule has 1 heterocycles. The molecule has 9 heteroatoms. The molecule has 2 aromatic rings. The molecule has 0 aliphatic heterocycles. The van der Waals surface area contributed by atoms with E-state index in [1.807, 2.05) is 0 Å². The van der Waals surface area contributed by atoms with Gasteiger partial charge in [0.15, 0.2) is 5.84 Å². The van der Waals surface area contributed by atoms with Gasteiger partial charge in [0, 0.05) is 11.8 Å². The molecule has 0 fully saturated rings. The first-order chi connectivity index (χ1) is 9.32. The van der Waals surface area contributed by atoms with Crippen LogP contribution in [-0.4, -0.2) is 20.8 Å². The fourth-order valence-electron chi connectivity index (χ4n) is 1.63. The van der Waals surface area contributed by atoms with Crippen LogP contribution in [0.5, 0.6) is 0 Å². The van der Waals surface area contributed by atoms with E-state index in [-0.39, 0.29) is 5.69 Å². The smallest absolute Gasteiger partial charge is 0.409 e. The Bertz CT molecular complexity index is 666. The predicted molar refractivity (Wildman–Crippen MR) is 66.1 cm³/mol. The summed E-state index contributed by atoms with van der Waals surface area (Å²) >= 11 is 5.67. The number of alkyl halides is 3. The van der Waals surface area contributed by atoms with E-state index in [2.05, 4.69) is 10.3 Å². The van der Waals surface area contributed by atoms with Crippen LogP contribution in [0.1, 0.15) is 11.1 Å². The molecule has 106 valence electrons. The molecular weight excluding hydrogens is 297 g/mol. The third-order valence-electron chi connectivity index (χ3n) is 2.51. The van der Waals surface area contributed by atoms with Crippen molar-refractivity contribution in [3.8, 4) is 5.69 Å². The molecule has 2 rings (SSSR count). The second-order valence-electron chi connectivity index (χ2n) is 3.82. The minimum Gasteiger partial charge on any atom is -0.409 e. The van der Waals surface area contributed by atoms with Crippen LogP contribution in [0.3, 0.4) is 0 Å². The van der Waals surface area contributed by atoms with Crippen molar-refractivity contribution in [3.05, 3.63) is 46.7 Å². The molecule has 0 aliphatic rings. The molecule has 0 atom stereocenters. The van der Waals surface area contributed by atoms with Crippen molar-refractivity contribution < 1.29 is 18.4 Å². The average Bonchev–Trinajstić information content (AvgIpc) is 2.83. The summed E-state index contributed by atoms with van der Waals surface area (Å²) in [6.07, 6.45) is -2.00. The molecule has 0 amide bonds. The van der Waals surface area contributed by atoms with Gasteiger partial charge in [-0.05, 0) is 18.2 Å². The van der Waals surface area contributed by atoms with Gasteiger partial charge in [0.2, 0.25) is 0 Å². The quantitative estimate of drug-likeness (QED) is 0.387. The molecule has 5 nitrogen and oxygen atoms in total. The first kappa shape index (κ1) is 14.2. The number of hydrogen-bond acceptors (Lipinski definition) is 3.